The van der Waals surface area contributed by atoms with Crippen molar-refractivity contribution in [2.24, 2.45) is 0 Å². The Morgan fingerprint density at radius 1 is 1.23 bits per heavy atom. The predicted molar refractivity (Wildman–Crippen MR) is 96.9 cm³/mol. The average Bonchev–Trinajstić information content (AvgIpc) is 2.64. The maximum absolute atomic E-state index is 12.6. The molecule has 1 amide bonds. The van der Waals surface area contributed by atoms with Gasteiger partial charge in [-0.05, 0) is 36.2 Å². The van der Waals surface area contributed by atoms with Crippen LogP contribution >= 0.6 is 0 Å². The molecule has 1 aliphatic heterocycles. The second kappa shape index (κ2) is 7.28. The van der Waals surface area contributed by atoms with Gasteiger partial charge in [0, 0.05) is 19.6 Å². The quantitative estimate of drug-likeness (QED) is 0.916. The normalized spacial score (nSPS) is 14.2. The summed E-state index contributed by atoms with van der Waals surface area (Å²) in [5.74, 6) is -1.00. The van der Waals surface area contributed by atoms with E-state index in [4.69, 9.17) is 0 Å². The van der Waals surface area contributed by atoms with E-state index in [-0.39, 0.29) is 18.0 Å². The zero-order chi connectivity index (χ0) is 18.7. The molecule has 0 aromatic heterocycles. The maximum Gasteiger partial charge on any atom is 0.335 e. The fourth-order valence-corrected chi connectivity index (χ4v) is 3.14. The standard InChI is InChI=1S/C20H19N3O3/c1-14-6-7-15(10-17(14)20(25)26)12-23-9-8-22(13-19(23)24)18-5-3-2-4-16(18)11-21/h2-7,10H,8-9,12-13H2,1H3,(H,25,26). The van der Waals surface area contributed by atoms with Crippen molar-refractivity contribution >= 4 is 17.6 Å². The molecule has 1 heterocycles. The van der Waals surface area contributed by atoms with Crippen molar-refractivity contribution in [3.8, 4) is 6.07 Å². The van der Waals surface area contributed by atoms with Crippen molar-refractivity contribution in [3.63, 3.8) is 0 Å². The molecule has 1 fully saturated rings. The van der Waals surface area contributed by atoms with Crippen molar-refractivity contribution < 1.29 is 14.7 Å². The molecule has 0 atom stereocenters. The zero-order valence-electron chi connectivity index (χ0n) is 14.5. The van der Waals surface area contributed by atoms with Gasteiger partial charge in [-0.1, -0.05) is 24.3 Å². The Morgan fingerprint density at radius 3 is 2.69 bits per heavy atom. The van der Waals surface area contributed by atoms with Crippen LogP contribution in [0, 0.1) is 18.3 Å². The minimum Gasteiger partial charge on any atom is -0.478 e. The van der Waals surface area contributed by atoms with Crippen molar-refractivity contribution in [3.05, 3.63) is 64.7 Å². The number of carbonyl (C=O) groups is 2. The van der Waals surface area contributed by atoms with Crippen molar-refractivity contribution in [1.29, 1.82) is 5.26 Å². The molecule has 1 aliphatic rings. The molecule has 0 unspecified atom stereocenters. The minimum absolute atomic E-state index is 0.0403. The van der Waals surface area contributed by atoms with Gasteiger partial charge in [0.25, 0.3) is 0 Å². The molecule has 2 aromatic rings. The Hall–Kier alpha value is -3.33. The molecule has 0 spiro atoms. The van der Waals surface area contributed by atoms with Crippen LogP contribution in [0.4, 0.5) is 5.69 Å². The Bertz CT molecular complexity index is 901. The zero-order valence-corrected chi connectivity index (χ0v) is 14.5. The van der Waals surface area contributed by atoms with Gasteiger partial charge in [0.2, 0.25) is 5.91 Å². The molecule has 0 saturated carbocycles. The molecule has 26 heavy (non-hydrogen) atoms. The molecule has 1 N–H and O–H groups in total. The summed E-state index contributed by atoms with van der Waals surface area (Å²) in [6.45, 7) is 3.49. The molecule has 132 valence electrons. The van der Waals surface area contributed by atoms with Crippen molar-refractivity contribution in [1.82, 2.24) is 4.90 Å². The van der Waals surface area contributed by atoms with Gasteiger partial charge in [-0.15, -0.1) is 0 Å². The summed E-state index contributed by atoms with van der Waals surface area (Å²) < 4.78 is 0. The van der Waals surface area contributed by atoms with Crippen LogP contribution in [0.1, 0.15) is 27.0 Å². The number of piperazine rings is 1. The SMILES string of the molecule is Cc1ccc(CN2CCN(c3ccccc3C#N)CC2=O)cc1C(=O)O. The molecule has 6 nitrogen and oxygen atoms in total. The third kappa shape index (κ3) is 3.52. The second-order valence-electron chi connectivity index (χ2n) is 6.32. The van der Waals surface area contributed by atoms with E-state index >= 15 is 0 Å². The van der Waals surface area contributed by atoms with Crippen LogP contribution in [0.15, 0.2) is 42.5 Å². The van der Waals surface area contributed by atoms with Gasteiger partial charge in [0.05, 0.1) is 23.4 Å². The van der Waals surface area contributed by atoms with E-state index in [2.05, 4.69) is 6.07 Å². The van der Waals surface area contributed by atoms with Crippen LogP contribution in [-0.2, 0) is 11.3 Å². The number of hydrogen-bond acceptors (Lipinski definition) is 4. The maximum atomic E-state index is 12.6. The number of benzene rings is 2. The summed E-state index contributed by atoms with van der Waals surface area (Å²) in [4.78, 5) is 27.5. The Labute approximate surface area is 151 Å². The van der Waals surface area contributed by atoms with Crippen LogP contribution in [-0.4, -0.2) is 41.5 Å². The summed E-state index contributed by atoms with van der Waals surface area (Å²) >= 11 is 0. The lowest BCUT2D eigenvalue weighted by Gasteiger charge is -2.36. The minimum atomic E-state index is -0.964. The number of carbonyl (C=O) groups excluding carboxylic acids is 1. The van der Waals surface area contributed by atoms with Crippen LogP contribution < -0.4 is 4.90 Å². The lowest BCUT2D eigenvalue weighted by molar-refractivity contribution is -0.131. The third-order valence-electron chi connectivity index (χ3n) is 4.59. The molecular formula is C20H19N3O3. The molecular weight excluding hydrogens is 330 g/mol. The number of rotatable bonds is 4. The summed E-state index contributed by atoms with van der Waals surface area (Å²) in [5.41, 5.74) is 3.08. The number of amides is 1. The van der Waals surface area contributed by atoms with Crippen LogP contribution in [0.3, 0.4) is 0 Å². The Kier molecular flexibility index (Phi) is 4.90. The van der Waals surface area contributed by atoms with E-state index in [0.717, 1.165) is 11.3 Å². The number of carboxylic acids is 1. The van der Waals surface area contributed by atoms with Crippen LogP contribution in [0.2, 0.25) is 0 Å². The highest BCUT2D eigenvalue weighted by molar-refractivity contribution is 5.89. The summed E-state index contributed by atoms with van der Waals surface area (Å²) in [5, 5.41) is 18.5. The molecule has 6 heteroatoms. The van der Waals surface area contributed by atoms with E-state index in [1.807, 2.05) is 23.1 Å². The van der Waals surface area contributed by atoms with E-state index < -0.39 is 5.97 Å². The highest BCUT2D eigenvalue weighted by Gasteiger charge is 2.25. The first-order valence-electron chi connectivity index (χ1n) is 8.34. The lowest BCUT2D eigenvalue weighted by Crippen LogP contribution is -2.50. The largest absolute Gasteiger partial charge is 0.478 e. The summed E-state index contributed by atoms with van der Waals surface area (Å²) in [6.07, 6.45) is 0. The lowest BCUT2D eigenvalue weighted by atomic mass is 10.0. The number of aromatic carboxylic acids is 1. The number of nitrogens with zero attached hydrogens (tertiary/aromatic N) is 3. The molecule has 3 rings (SSSR count). The van der Waals surface area contributed by atoms with E-state index in [1.54, 1.807) is 36.1 Å². The first-order valence-corrected chi connectivity index (χ1v) is 8.34. The number of para-hydroxylation sites is 1. The second-order valence-corrected chi connectivity index (χ2v) is 6.32. The summed E-state index contributed by atoms with van der Waals surface area (Å²) in [6, 6.07) is 14.7. The van der Waals surface area contributed by atoms with Gasteiger partial charge in [-0.25, -0.2) is 4.79 Å². The van der Waals surface area contributed by atoms with Crippen LogP contribution in [0.5, 0.6) is 0 Å². The highest BCUT2D eigenvalue weighted by atomic mass is 16.4. The number of hydrogen-bond donors (Lipinski definition) is 1. The fourth-order valence-electron chi connectivity index (χ4n) is 3.14. The van der Waals surface area contributed by atoms with Gasteiger partial charge < -0.3 is 14.9 Å². The predicted octanol–water partition coefficient (Wildman–Crippen LogP) is 2.41. The number of nitriles is 1. The van der Waals surface area contributed by atoms with Gasteiger partial charge in [-0.2, -0.15) is 5.26 Å². The first kappa shape index (κ1) is 17.5. The van der Waals surface area contributed by atoms with Gasteiger partial charge in [0.15, 0.2) is 0 Å². The molecule has 0 radical (unpaired) electrons. The first-order chi connectivity index (χ1) is 12.5. The highest BCUT2D eigenvalue weighted by Crippen LogP contribution is 2.22. The Morgan fingerprint density at radius 2 is 2.00 bits per heavy atom. The van der Waals surface area contributed by atoms with Gasteiger partial charge in [0.1, 0.15) is 6.07 Å². The fraction of sp³-hybridized carbons (Fsp3) is 0.250. The Balaban J connectivity index is 1.72. The third-order valence-corrected chi connectivity index (χ3v) is 4.59. The topological polar surface area (TPSA) is 84.6 Å². The molecule has 0 aliphatic carbocycles. The average molecular weight is 349 g/mol. The van der Waals surface area contributed by atoms with Gasteiger partial charge in [-0.3, -0.25) is 4.79 Å². The number of aryl methyl sites for hydroxylation is 1. The van der Waals surface area contributed by atoms with E-state index in [0.29, 0.717) is 30.8 Å². The van der Waals surface area contributed by atoms with Crippen molar-refractivity contribution in [2.75, 3.05) is 24.5 Å². The van der Waals surface area contributed by atoms with Crippen molar-refractivity contribution in [2.45, 2.75) is 13.5 Å². The van der Waals surface area contributed by atoms with Gasteiger partial charge >= 0.3 is 5.97 Å². The van der Waals surface area contributed by atoms with E-state index in [9.17, 15) is 20.0 Å². The molecule has 1 saturated heterocycles. The van der Waals surface area contributed by atoms with E-state index in [1.165, 1.54) is 0 Å². The molecule has 2 aromatic carbocycles. The molecule has 0 bridgehead atoms. The number of anilines is 1. The smallest absolute Gasteiger partial charge is 0.335 e. The monoisotopic (exact) mass is 349 g/mol. The van der Waals surface area contributed by atoms with Crippen LogP contribution in [0.25, 0.3) is 0 Å². The summed E-state index contributed by atoms with van der Waals surface area (Å²) in [7, 11) is 0. The number of carboxylic acid groups (broad SMARTS) is 1.